The van der Waals surface area contributed by atoms with Crippen LogP contribution in [-0.2, 0) is 10.0 Å². The van der Waals surface area contributed by atoms with Gasteiger partial charge in [0.2, 0.25) is 0 Å². The molecule has 0 spiro atoms. The van der Waals surface area contributed by atoms with E-state index in [2.05, 4.69) is 24.7 Å². The van der Waals surface area contributed by atoms with Crippen LogP contribution in [0.3, 0.4) is 0 Å². The summed E-state index contributed by atoms with van der Waals surface area (Å²) in [5.41, 5.74) is 0.849. The van der Waals surface area contributed by atoms with Gasteiger partial charge in [0.05, 0.1) is 26.6 Å². The second-order valence-corrected chi connectivity index (χ2v) is 8.56. The van der Waals surface area contributed by atoms with Gasteiger partial charge in [-0.15, -0.1) is 0 Å². The third kappa shape index (κ3) is 3.70. The molecule has 4 aromatic rings. The summed E-state index contributed by atoms with van der Waals surface area (Å²) >= 11 is 6.32. The molecule has 4 rings (SSSR count). The zero-order chi connectivity index (χ0) is 21.5. The monoisotopic (exact) mass is 443 g/mol. The number of aromatic nitrogens is 4. The average Bonchev–Trinajstić information content (AvgIpc) is 2.69. The number of benzene rings is 2. The number of aryl methyl sites for hydroxylation is 1. The summed E-state index contributed by atoms with van der Waals surface area (Å²) in [5.74, 6) is 0. The molecule has 152 valence electrons. The number of anilines is 1. The highest BCUT2D eigenvalue weighted by Gasteiger charge is 2.19. The Bertz CT molecular complexity index is 1500. The lowest BCUT2D eigenvalue weighted by Gasteiger charge is -2.13. The molecule has 0 aliphatic carbocycles. The third-order valence-electron chi connectivity index (χ3n) is 4.40. The lowest BCUT2D eigenvalue weighted by atomic mass is 10.1. The maximum Gasteiger partial charge on any atom is 0.314 e. The Hall–Kier alpha value is -3.50. The second-order valence-electron chi connectivity index (χ2n) is 6.50. The predicted octanol–water partition coefficient (Wildman–Crippen LogP) is 2.44. The molecule has 2 heterocycles. The van der Waals surface area contributed by atoms with Crippen molar-refractivity contribution in [2.45, 2.75) is 11.8 Å². The van der Waals surface area contributed by atoms with Crippen LogP contribution in [0, 0.1) is 6.92 Å². The number of fused-ring (bicyclic) bond motifs is 1. The number of H-pyrrole nitrogens is 2. The van der Waals surface area contributed by atoms with Crippen LogP contribution in [0.4, 0.5) is 5.69 Å². The average molecular weight is 444 g/mol. The molecule has 0 bridgehead atoms. The molecule has 0 atom stereocenters. The lowest BCUT2D eigenvalue weighted by molar-refractivity contribution is 0.600. The van der Waals surface area contributed by atoms with Gasteiger partial charge in [0.1, 0.15) is 6.33 Å². The van der Waals surface area contributed by atoms with Crippen molar-refractivity contribution in [2.24, 2.45) is 0 Å². The first-order valence-corrected chi connectivity index (χ1v) is 10.5. The van der Waals surface area contributed by atoms with Crippen LogP contribution in [0.5, 0.6) is 0 Å². The van der Waals surface area contributed by atoms with Crippen molar-refractivity contribution in [3.8, 4) is 11.1 Å². The molecule has 2 aromatic carbocycles. The topological polar surface area (TPSA) is 138 Å². The van der Waals surface area contributed by atoms with Gasteiger partial charge in [-0.25, -0.2) is 18.4 Å². The first-order chi connectivity index (χ1) is 14.2. The van der Waals surface area contributed by atoms with E-state index in [0.717, 1.165) is 0 Å². The van der Waals surface area contributed by atoms with Crippen LogP contribution in [0.1, 0.15) is 5.56 Å². The Kier molecular flexibility index (Phi) is 4.88. The minimum Gasteiger partial charge on any atom is -0.316 e. The Morgan fingerprint density at radius 1 is 0.967 bits per heavy atom. The number of rotatable bonds is 4. The third-order valence-corrected chi connectivity index (χ3v) is 6.24. The van der Waals surface area contributed by atoms with Gasteiger partial charge < -0.3 is 9.97 Å². The zero-order valence-electron chi connectivity index (χ0n) is 15.4. The number of hydrogen-bond acceptors (Lipinski definition) is 6. The van der Waals surface area contributed by atoms with Crippen LogP contribution in [0.15, 0.2) is 63.5 Å². The SMILES string of the molecule is Cc1cc2[nH]c(=O)c(=O)[nH]c2cc1S(=O)(=O)Nc1ccc(-c2cncnc2)c(Cl)c1. The van der Waals surface area contributed by atoms with Crippen molar-refractivity contribution in [1.82, 2.24) is 19.9 Å². The molecule has 30 heavy (non-hydrogen) atoms. The molecule has 9 nitrogen and oxygen atoms in total. The van der Waals surface area contributed by atoms with Crippen molar-refractivity contribution in [3.63, 3.8) is 0 Å². The highest BCUT2D eigenvalue weighted by molar-refractivity contribution is 7.92. The van der Waals surface area contributed by atoms with Gasteiger partial charge in [-0.3, -0.25) is 14.3 Å². The van der Waals surface area contributed by atoms with Crippen molar-refractivity contribution in [2.75, 3.05) is 4.72 Å². The molecular formula is C19H14ClN5O4S. The van der Waals surface area contributed by atoms with Crippen molar-refractivity contribution in [1.29, 1.82) is 0 Å². The summed E-state index contributed by atoms with van der Waals surface area (Å²) < 4.78 is 28.4. The summed E-state index contributed by atoms with van der Waals surface area (Å²) in [6, 6.07) is 7.49. The van der Waals surface area contributed by atoms with E-state index in [1.807, 2.05) is 0 Å². The molecular weight excluding hydrogens is 430 g/mol. The predicted molar refractivity (Wildman–Crippen MR) is 113 cm³/mol. The lowest BCUT2D eigenvalue weighted by Crippen LogP contribution is -2.29. The molecule has 0 saturated carbocycles. The molecule has 0 amide bonds. The summed E-state index contributed by atoms with van der Waals surface area (Å²) in [6.45, 7) is 1.59. The van der Waals surface area contributed by atoms with E-state index >= 15 is 0 Å². The molecule has 11 heteroatoms. The first-order valence-electron chi connectivity index (χ1n) is 8.59. The normalized spacial score (nSPS) is 11.5. The smallest absolute Gasteiger partial charge is 0.314 e. The van der Waals surface area contributed by atoms with E-state index in [4.69, 9.17) is 11.6 Å². The largest absolute Gasteiger partial charge is 0.316 e. The summed E-state index contributed by atoms with van der Waals surface area (Å²) in [7, 11) is -4.00. The van der Waals surface area contributed by atoms with E-state index in [-0.39, 0.29) is 16.1 Å². The minimum absolute atomic E-state index is 0.0469. The van der Waals surface area contributed by atoms with Crippen LogP contribution in [0.25, 0.3) is 22.2 Å². The van der Waals surface area contributed by atoms with E-state index in [1.165, 1.54) is 24.5 Å². The highest BCUT2D eigenvalue weighted by atomic mass is 35.5. The van der Waals surface area contributed by atoms with E-state index in [0.29, 0.717) is 27.2 Å². The first kappa shape index (κ1) is 19.8. The van der Waals surface area contributed by atoms with Crippen molar-refractivity contribution < 1.29 is 8.42 Å². The molecule has 0 aliphatic heterocycles. The van der Waals surface area contributed by atoms with Gasteiger partial charge in [-0.05, 0) is 36.8 Å². The number of sulfonamides is 1. The highest BCUT2D eigenvalue weighted by Crippen LogP contribution is 2.31. The molecule has 3 N–H and O–H groups in total. The van der Waals surface area contributed by atoms with Gasteiger partial charge in [0.25, 0.3) is 10.0 Å². The Balaban J connectivity index is 1.72. The molecule has 0 unspecified atom stereocenters. The molecule has 2 aromatic heterocycles. The fourth-order valence-electron chi connectivity index (χ4n) is 3.00. The number of nitrogens with zero attached hydrogens (tertiary/aromatic N) is 2. The van der Waals surface area contributed by atoms with Crippen LogP contribution in [-0.4, -0.2) is 28.4 Å². The van der Waals surface area contributed by atoms with Crippen molar-refractivity contribution >= 4 is 38.3 Å². The summed E-state index contributed by atoms with van der Waals surface area (Å²) in [4.78, 5) is 35.7. The van der Waals surface area contributed by atoms with Gasteiger partial charge in [-0.2, -0.15) is 0 Å². The van der Waals surface area contributed by atoms with E-state index in [1.54, 1.807) is 31.5 Å². The Morgan fingerprint density at radius 2 is 1.60 bits per heavy atom. The maximum atomic E-state index is 12.9. The zero-order valence-corrected chi connectivity index (χ0v) is 17.0. The van der Waals surface area contributed by atoms with Crippen LogP contribution >= 0.6 is 11.6 Å². The fourth-order valence-corrected chi connectivity index (χ4v) is 4.60. The minimum atomic E-state index is -4.00. The second kappa shape index (κ2) is 7.39. The quantitative estimate of drug-likeness (QED) is 0.414. The number of nitrogens with one attached hydrogen (secondary N) is 3. The molecule has 0 radical (unpaired) electrons. The van der Waals surface area contributed by atoms with Gasteiger partial charge in [0, 0.05) is 23.5 Å². The summed E-state index contributed by atoms with van der Waals surface area (Å²) in [6.07, 6.45) is 4.60. The van der Waals surface area contributed by atoms with Gasteiger partial charge in [-0.1, -0.05) is 17.7 Å². The maximum absolute atomic E-state index is 12.9. The fraction of sp³-hybridized carbons (Fsp3) is 0.0526. The molecule has 0 aliphatic rings. The summed E-state index contributed by atoms with van der Waals surface area (Å²) in [5, 5.41) is 0.321. The Labute approximate surface area is 174 Å². The number of hydrogen-bond donors (Lipinski definition) is 3. The van der Waals surface area contributed by atoms with E-state index < -0.39 is 21.1 Å². The number of aromatic amines is 2. The number of halogens is 1. The standard InChI is InChI=1S/C19H14ClN5O4S/c1-10-4-15-16(24-19(27)18(26)23-15)6-17(10)30(28,29)25-12-2-3-13(14(20)5-12)11-7-21-9-22-8-11/h2-9,25H,1H3,(H,23,26)(H,24,27). The van der Waals surface area contributed by atoms with Crippen LogP contribution in [0.2, 0.25) is 5.02 Å². The van der Waals surface area contributed by atoms with E-state index in [9.17, 15) is 18.0 Å². The van der Waals surface area contributed by atoms with Gasteiger partial charge >= 0.3 is 11.1 Å². The van der Waals surface area contributed by atoms with Crippen LogP contribution < -0.4 is 15.8 Å². The Morgan fingerprint density at radius 3 is 2.23 bits per heavy atom. The van der Waals surface area contributed by atoms with Gasteiger partial charge in [0.15, 0.2) is 0 Å². The molecule has 0 fully saturated rings. The van der Waals surface area contributed by atoms with Crippen molar-refractivity contribution in [3.05, 3.63) is 80.3 Å². The molecule has 0 saturated heterocycles.